The molecule has 0 radical (unpaired) electrons. The number of piperidine rings is 1. The number of carbonyl (C=O) groups is 1. The largest absolute Gasteiger partial charge is 0.494 e. The number of benzene rings is 3. The highest BCUT2D eigenvalue weighted by atomic mass is 32.2. The van der Waals surface area contributed by atoms with Crippen LogP contribution in [0.4, 0.5) is 5.69 Å². The summed E-state index contributed by atoms with van der Waals surface area (Å²) in [5, 5.41) is 5.11. The van der Waals surface area contributed by atoms with Crippen molar-refractivity contribution >= 4 is 32.4 Å². The first-order valence-electron chi connectivity index (χ1n) is 10.9. The molecular weight excluding hydrogens is 424 g/mol. The molecule has 1 saturated heterocycles. The molecule has 1 amide bonds. The van der Waals surface area contributed by atoms with E-state index in [0.29, 0.717) is 38.3 Å². The van der Waals surface area contributed by atoms with Crippen LogP contribution in [0.15, 0.2) is 65.6 Å². The Morgan fingerprint density at radius 1 is 1.06 bits per heavy atom. The van der Waals surface area contributed by atoms with Gasteiger partial charge >= 0.3 is 0 Å². The van der Waals surface area contributed by atoms with Gasteiger partial charge in [-0.1, -0.05) is 36.4 Å². The molecule has 1 N–H and O–H groups in total. The van der Waals surface area contributed by atoms with Gasteiger partial charge in [0, 0.05) is 30.1 Å². The number of anilines is 1. The predicted molar refractivity (Wildman–Crippen MR) is 126 cm³/mol. The topological polar surface area (TPSA) is 75.7 Å². The van der Waals surface area contributed by atoms with Crippen LogP contribution >= 0.6 is 0 Å². The van der Waals surface area contributed by atoms with E-state index in [4.69, 9.17) is 4.74 Å². The molecule has 1 aliphatic heterocycles. The van der Waals surface area contributed by atoms with E-state index in [1.165, 1.54) is 4.31 Å². The van der Waals surface area contributed by atoms with Crippen molar-refractivity contribution in [3.8, 4) is 5.75 Å². The van der Waals surface area contributed by atoms with Gasteiger partial charge in [-0.25, -0.2) is 8.42 Å². The fraction of sp³-hybridized carbons (Fsp3) is 0.320. The van der Waals surface area contributed by atoms with Crippen molar-refractivity contribution in [3.05, 3.63) is 66.2 Å². The van der Waals surface area contributed by atoms with Crippen molar-refractivity contribution < 1.29 is 17.9 Å². The summed E-state index contributed by atoms with van der Waals surface area (Å²) in [6, 6.07) is 18.7. The maximum Gasteiger partial charge on any atom is 0.243 e. The Hall–Kier alpha value is -2.90. The number of aryl methyl sites for hydroxylation is 1. The number of rotatable bonds is 6. The molecule has 1 aliphatic rings. The van der Waals surface area contributed by atoms with Gasteiger partial charge in [-0.15, -0.1) is 0 Å². The minimum Gasteiger partial charge on any atom is -0.494 e. The molecule has 3 aromatic carbocycles. The molecule has 0 aliphatic carbocycles. The van der Waals surface area contributed by atoms with Crippen molar-refractivity contribution in [2.24, 2.45) is 5.92 Å². The molecule has 3 aromatic rings. The molecule has 168 valence electrons. The second kappa shape index (κ2) is 9.30. The Morgan fingerprint density at radius 2 is 1.78 bits per heavy atom. The van der Waals surface area contributed by atoms with Crippen molar-refractivity contribution in [2.75, 3.05) is 25.0 Å². The smallest absolute Gasteiger partial charge is 0.243 e. The molecule has 32 heavy (non-hydrogen) atoms. The second-order valence-electron chi connectivity index (χ2n) is 8.05. The van der Waals surface area contributed by atoms with Crippen LogP contribution in [-0.2, 0) is 14.8 Å². The summed E-state index contributed by atoms with van der Waals surface area (Å²) in [4.78, 5) is 13.1. The van der Waals surface area contributed by atoms with Gasteiger partial charge in [-0.2, -0.15) is 4.31 Å². The zero-order valence-corrected chi connectivity index (χ0v) is 19.2. The standard InChI is InChI=1S/C25H28N2O4S/c1-3-31-24-12-11-21(17-18(24)2)32(29,30)27-15-13-20(14-16-27)25(28)26-23-10-6-8-19-7-4-5-9-22(19)23/h4-12,17,20H,3,13-16H2,1-2H3,(H,26,28). The van der Waals surface area contributed by atoms with Crippen molar-refractivity contribution in [1.29, 1.82) is 0 Å². The Balaban J connectivity index is 1.42. The third kappa shape index (κ3) is 4.49. The average molecular weight is 453 g/mol. The van der Waals surface area contributed by atoms with E-state index in [1.807, 2.05) is 56.3 Å². The number of hydrogen-bond donors (Lipinski definition) is 1. The molecular formula is C25H28N2O4S. The van der Waals surface area contributed by atoms with E-state index >= 15 is 0 Å². The summed E-state index contributed by atoms with van der Waals surface area (Å²) in [6.45, 7) is 4.91. The van der Waals surface area contributed by atoms with Crippen LogP contribution < -0.4 is 10.1 Å². The van der Waals surface area contributed by atoms with Crippen molar-refractivity contribution in [1.82, 2.24) is 4.31 Å². The fourth-order valence-corrected chi connectivity index (χ4v) is 5.73. The molecule has 0 atom stereocenters. The molecule has 0 spiro atoms. The number of amides is 1. The summed E-state index contributed by atoms with van der Waals surface area (Å²) in [5.41, 5.74) is 1.57. The SMILES string of the molecule is CCOc1ccc(S(=O)(=O)N2CCC(C(=O)Nc3cccc4ccccc34)CC2)cc1C. The number of ether oxygens (including phenoxy) is 1. The van der Waals surface area contributed by atoms with Crippen LogP contribution in [0.1, 0.15) is 25.3 Å². The first-order chi connectivity index (χ1) is 15.4. The summed E-state index contributed by atoms with van der Waals surface area (Å²) in [6.07, 6.45) is 0.984. The van der Waals surface area contributed by atoms with Gasteiger partial charge in [0.1, 0.15) is 5.75 Å². The maximum absolute atomic E-state index is 13.1. The van der Waals surface area contributed by atoms with E-state index < -0.39 is 10.0 Å². The number of carbonyl (C=O) groups excluding carboxylic acids is 1. The minimum atomic E-state index is -3.61. The molecule has 1 fully saturated rings. The monoisotopic (exact) mass is 452 g/mol. The van der Waals surface area contributed by atoms with Gasteiger partial charge in [0.05, 0.1) is 11.5 Å². The lowest BCUT2D eigenvalue weighted by Crippen LogP contribution is -2.41. The van der Waals surface area contributed by atoms with Gasteiger partial charge in [0.25, 0.3) is 0 Å². The van der Waals surface area contributed by atoms with Crippen molar-refractivity contribution in [2.45, 2.75) is 31.6 Å². The third-order valence-electron chi connectivity index (χ3n) is 5.96. The lowest BCUT2D eigenvalue weighted by Gasteiger charge is -2.30. The Labute approximate surface area is 189 Å². The van der Waals surface area contributed by atoms with E-state index in [-0.39, 0.29) is 16.7 Å². The first kappa shape index (κ1) is 22.3. The van der Waals surface area contributed by atoms with Crippen LogP contribution in [0.5, 0.6) is 5.75 Å². The van der Waals surface area contributed by atoms with Gasteiger partial charge in [-0.3, -0.25) is 4.79 Å². The van der Waals surface area contributed by atoms with Crippen LogP contribution in [0, 0.1) is 12.8 Å². The van der Waals surface area contributed by atoms with E-state index in [0.717, 1.165) is 22.0 Å². The second-order valence-corrected chi connectivity index (χ2v) is 9.99. The minimum absolute atomic E-state index is 0.0599. The van der Waals surface area contributed by atoms with Gasteiger partial charge in [-0.05, 0) is 61.9 Å². The third-order valence-corrected chi connectivity index (χ3v) is 7.85. The number of nitrogens with one attached hydrogen (secondary N) is 1. The molecule has 0 unspecified atom stereocenters. The average Bonchev–Trinajstić information content (AvgIpc) is 2.81. The highest BCUT2D eigenvalue weighted by molar-refractivity contribution is 7.89. The molecule has 0 saturated carbocycles. The summed E-state index contributed by atoms with van der Waals surface area (Å²) < 4.78 is 33.2. The van der Waals surface area contributed by atoms with E-state index in [9.17, 15) is 13.2 Å². The van der Waals surface area contributed by atoms with Crippen LogP contribution in [-0.4, -0.2) is 38.3 Å². The molecule has 0 bridgehead atoms. The Kier molecular flexibility index (Phi) is 6.48. The highest BCUT2D eigenvalue weighted by Crippen LogP contribution is 2.29. The normalized spacial score (nSPS) is 15.6. The first-order valence-corrected chi connectivity index (χ1v) is 12.4. The lowest BCUT2D eigenvalue weighted by molar-refractivity contribution is -0.120. The predicted octanol–water partition coefficient (Wildman–Crippen LogP) is 4.59. The number of hydrogen-bond acceptors (Lipinski definition) is 4. The number of fused-ring (bicyclic) bond motifs is 1. The molecule has 0 aromatic heterocycles. The molecule has 1 heterocycles. The number of sulfonamides is 1. The summed E-state index contributed by atoms with van der Waals surface area (Å²) >= 11 is 0. The summed E-state index contributed by atoms with van der Waals surface area (Å²) in [7, 11) is -3.61. The van der Waals surface area contributed by atoms with Crippen LogP contribution in [0.2, 0.25) is 0 Å². The highest BCUT2D eigenvalue weighted by Gasteiger charge is 2.32. The zero-order chi connectivity index (χ0) is 22.7. The van der Waals surface area contributed by atoms with Crippen molar-refractivity contribution in [3.63, 3.8) is 0 Å². The molecule has 4 rings (SSSR count). The fourth-order valence-electron chi connectivity index (χ4n) is 4.18. The number of nitrogens with zero attached hydrogens (tertiary/aromatic N) is 1. The summed E-state index contributed by atoms with van der Waals surface area (Å²) in [5.74, 6) is 0.410. The van der Waals surface area contributed by atoms with E-state index in [2.05, 4.69) is 5.32 Å². The maximum atomic E-state index is 13.1. The van der Waals surface area contributed by atoms with Crippen LogP contribution in [0.25, 0.3) is 10.8 Å². The Morgan fingerprint density at radius 3 is 2.50 bits per heavy atom. The van der Waals surface area contributed by atoms with Crippen LogP contribution in [0.3, 0.4) is 0 Å². The molecule has 7 heteroatoms. The van der Waals surface area contributed by atoms with E-state index in [1.54, 1.807) is 18.2 Å². The van der Waals surface area contributed by atoms with Gasteiger partial charge in [0.15, 0.2) is 0 Å². The lowest BCUT2D eigenvalue weighted by atomic mass is 9.97. The van der Waals surface area contributed by atoms with Gasteiger partial charge < -0.3 is 10.1 Å². The quantitative estimate of drug-likeness (QED) is 0.594. The van der Waals surface area contributed by atoms with Gasteiger partial charge in [0.2, 0.25) is 15.9 Å². The zero-order valence-electron chi connectivity index (χ0n) is 18.4. The molecule has 6 nitrogen and oxygen atoms in total. The Bertz CT molecular complexity index is 1230.